The van der Waals surface area contributed by atoms with Gasteiger partial charge in [-0.2, -0.15) is 4.57 Å². The number of hydrogen-bond acceptors (Lipinski definition) is 8. The third-order valence-corrected chi connectivity index (χ3v) is 17.3. The number of morpholine rings is 2. The number of rotatable bonds is 4. The van der Waals surface area contributed by atoms with Crippen LogP contribution in [0.25, 0.3) is 0 Å². The highest BCUT2D eigenvalue weighted by Gasteiger charge is 2.45. The molecule has 0 spiro atoms. The lowest BCUT2D eigenvalue weighted by Gasteiger charge is -2.41. The van der Waals surface area contributed by atoms with Crippen LogP contribution in [0.2, 0.25) is 0 Å². The molecule has 0 radical (unpaired) electrons. The zero-order chi connectivity index (χ0) is 45.8. The third-order valence-electron chi connectivity index (χ3n) is 13.5. The van der Waals surface area contributed by atoms with Crippen molar-refractivity contribution in [2.24, 2.45) is 0 Å². The maximum absolute atomic E-state index is 16.1. The van der Waals surface area contributed by atoms with Gasteiger partial charge in [0.05, 0.1) is 26.4 Å². The van der Waals surface area contributed by atoms with E-state index in [0.29, 0.717) is 101 Å². The van der Waals surface area contributed by atoms with Gasteiger partial charge in [-0.3, -0.25) is 0 Å². The first-order valence-corrected chi connectivity index (χ1v) is 26.2. The lowest BCUT2D eigenvalue weighted by molar-refractivity contribution is 0.0445. The van der Waals surface area contributed by atoms with E-state index in [1.165, 1.54) is 5.56 Å². The van der Waals surface area contributed by atoms with Crippen LogP contribution in [-0.4, -0.2) is 61.9 Å². The molecule has 4 aromatic rings. The van der Waals surface area contributed by atoms with Gasteiger partial charge in [-0.1, -0.05) is 132 Å². The summed E-state index contributed by atoms with van der Waals surface area (Å²) in [5.74, 6) is 2.14. The SMILES string of the molecule is CC(C)(C)c1cc2c3c(c1)Cc1cc(C(C)(C)C)cc4c1OP(=O)(O3)Oc1c(cc(C(C)(C)C)cc1Cc1cc(C(C)(C)C)cc(c1OP(=O)(N1CCOCC1)N1CCOCC1)C4)C2. The Kier molecular flexibility index (Phi) is 11.4. The van der Waals surface area contributed by atoms with Gasteiger partial charge in [-0.05, 0) is 88.4 Å². The summed E-state index contributed by atoms with van der Waals surface area (Å²) in [6, 6.07) is 17.7. The maximum atomic E-state index is 16.1. The van der Waals surface area contributed by atoms with E-state index in [0.717, 1.165) is 61.2 Å². The summed E-state index contributed by atoms with van der Waals surface area (Å²) in [4.78, 5) is 0. The monoisotopic (exact) mass is 910 g/mol. The number of ether oxygens (including phenoxy) is 2. The molecule has 0 aromatic heterocycles. The van der Waals surface area contributed by atoms with Gasteiger partial charge < -0.3 is 27.6 Å². The molecule has 0 atom stereocenters. The Labute approximate surface area is 381 Å². The molecule has 2 fully saturated rings. The van der Waals surface area contributed by atoms with Crippen LogP contribution in [0.1, 0.15) is 150 Å². The van der Waals surface area contributed by atoms with Crippen molar-refractivity contribution in [1.29, 1.82) is 0 Å². The van der Waals surface area contributed by atoms with Crippen molar-refractivity contribution in [3.8, 4) is 23.0 Å². The molecule has 0 aliphatic carbocycles. The summed E-state index contributed by atoms with van der Waals surface area (Å²) in [7, 11) is -8.12. The van der Waals surface area contributed by atoms with Crippen LogP contribution in [0.4, 0.5) is 0 Å². The first-order chi connectivity index (χ1) is 29.9. The van der Waals surface area contributed by atoms with Crippen molar-refractivity contribution in [3.63, 3.8) is 0 Å². The van der Waals surface area contributed by atoms with Crippen LogP contribution in [0, 0.1) is 0 Å². The van der Waals surface area contributed by atoms with Crippen molar-refractivity contribution in [2.45, 2.75) is 130 Å². The molecule has 6 bridgehead atoms. The molecule has 0 amide bonds. The average molecular weight is 911 g/mol. The van der Waals surface area contributed by atoms with Gasteiger partial charge in [0.1, 0.15) is 23.0 Å². The van der Waals surface area contributed by atoms with E-state index in [-0.39, 0.29) is 21.7 Å². The molecular formula is C52H68N2O8P2. The van der Waals surface area contributed by atoms with Crippen LogP contribution in [0.3, 0.4) is 0 Å². The average Bonchev–Trinajstić information content (AvgIpc) is 3.19. The highest BCUT2D eigenvalue weighted by Crippen LogP contribution is 2.61. The van der Waals surface area contributed by atoms with Crippen LogP contribution in [0.5, 0.6) is 23.0 Å². The van der Waals surface area contributed by atoms with Crippen molar-refractivity contribution < 1.29 is 36.7 Å². The molecule has 9 rings (SSSR count). The molecule has 2 saturated heterocycles. The summed E-state index contributed by atoms with van der Waals surface area (Å²) < 4.78 is 75.5. The number of benzene rings is 4. The number of phosphoric acid groups is 1. The number of fused-ring (bicyclic) bond motifs is 2. The van der Waals surface area contributed by atoms with Gasteiger partial charge >= 0.3 is 15.5 Å². The first-order valence-electron chi connectivity index (χ1n) is 23.2. The van der Waals surface area contributed by atoms with E-state index in [9.17, 15) is 0 Å². The quantitative estimate of drug-likeness (QED) is 0.162. The number of hydrogen-bond donors (Lipinski definition) is 0. The van der Waals surface area contributed by atoms with Crippen LogP contribution in [-0.2, 0) is 65.9 Å². The van der Waals surface area contributed by atoms with Gasteiger partial charge in [0, 0.05) is 51.9 Å². The summed E-state index contributed by atoms with van der Waals surface area (Å²) >= 11 is 0. The van der Waals surface area contributed by atoms with E-state index in [1.807, 2.05) is 9.34 Å². The van der Waals surface area contributed by atoms with Crippen LogP contribution >= 0.6 is 15.5 Å². The van der Waals surface area contributed by atoms with Gasteiger partial charge in [-0.15, -0.1) is 0 Å². The minimum Gasteiger partial charge on any atom is -0.421 e. The van der Waals surface area contributed by atoms with E-state index < -0.39 is 15.5 Å². The topological polar surface area (TPSA) is 96.0 Å². The first kappa shape index (κ1) is 45.5. The molecule has 5 aliphatic heterocycles. The second-order valence-corrected chi connectivity index (χ2v) is 26.4. The van der Waals surface area contributed by atoms with Gasteiger partial charge in [-0.25, -0.2) is 13.9 Å². The molecule has 12 heteroatoms. The molecular weight excluding hydrogens is 843 g/mol. The second-order valence-electron chi connectivity index (χ2n) is 22.6. The fraction of sp³-hybridized carbons (Fsp3) is 0.538. The van der Waals surface area contributed by atoms with E-state index in [4.69, 9.17) is 27.6 Å². The Bertz CT molecular complexity index is 2450. The Balaban J connectivity index is 1.39. The lowest BCUT2D eigenvalue weighted by atomic mass is 9.79. The largest absolute Gasteiger partial charge is 0.647 e. The molecule has 0 saturated carbocycles. The fourth-order valence-corrected chi connectivity index (χ4v) is 13.4. The Morgan fingerprint density at radius 3 is 0.969 bits per heavy atom. The lowest BCUT2D eigenvalue weighted by Crippen LogP contribution is -2.44. The molecule has 10 nitrogen and oxygen atoms in total. The minimum absolute atomic E-state index is 0.165. The maximum Gasteiger partial charge on any atom is 0.647 e. The van der Waals surface area contributed by atoms with E-state index in [2.05, 4.69) is 132 Å². The zero-order valence-corrected chi connectivity index (χ0v) is 41.9. The molecule has 4 aromatic carbocycles. The summed E-state index contributed by atoms with van der Waals surface area (Å²) in [6.07, 6.45) is 1.70. The van der Waals surface area contributed by atoms with Crippen LogP contribution < -0.4 is 18.1 Å². The van der Waals surface area contributed by atoms with Gasteiger partial charge in [0.15, 0.2) is 0 Å². The molecule has 344 valence electrons. The van der Waals surface area contributed by atoms with Crippen molar-refractivity contribution >= 4 is 15.5 Å². The Hall–Kier alpha value is -3.62. The Morgan fingerprint density at radius 2 is 0.703 bits per heavy atom. The predicted molar refractivity (Wildman–Crippen MR) is 254 cm³/mol. The van der Waals surface area contributed by atoms with Gasteiger partial charge in [0.25, 0.3) is 0 Å². The predicted octanol–water partition coefficient (Wildman–Crippen LogP) is 12.0. The van der Waals surface area contributed by atoms with Crippen molar-refractivity contribution in [1.82, 2.24) is 9.34 Å². The van der Waals surface area contributed by atoms with E-state index >= 15 is 9.13 Å². The van der Waals surface area contributed by atoms with Crippen molar-refractivity contribution in [2.75, 3.05) is 52.6 Å². The molecule has 0 unspecified atom stereocenters. The number of phosphoric ester groups is 1. The molecule has 0 N–H and O–H groups in total. The second kappa shape index (κ2) is 16.0. The summed E-state index contributed by atoms with van der Waals surface area (Å²) in [5, 5.41) is 0. The standard InChI is InChI=1S/C52H68N2O8P2/c1-49(2,3)41-25-33-21-35-27-42(50(4,5)6)29-37-23-39-31-44(52(10,11)12)32-40-24-38-30-43(51(7,8)9)28-36(47(38)61-64(56,60-46(35)37)62-48(39)40)22-34(26-41)45(33)59-63(55,53-13-17-57-18-14-53)54-15-19-58-20-16-54/h25-32H,13-24H2,1-12H3. The smallest absolute Gasteiger partial charge is 0.421 e. The highest BCUT2D eigenvalue weighted by atomic mass is 31.2. The molecule has 64 heavy (non-hydrogen) atoms. The highest BCUT2D eigenvalue weighted by molar-refractivity contribution is 7.54. The van der Waals surface area contributed by atoms with Crippen molar-refractivity contribution in [3.05, 3.63) is 115 Å². The molecule has 5 aliphatic rings. The zero-order valence-electron chi connectivity index (χ0n) is 40.2. The minimum atomic E-state index is -4.41. The van der Waals surface area contributed by atoms with Crippen LogP contribution in [0.15, 0.2) is 48.5 Å². The van der Waals surface area contributed by atoms with E-state index in [1.54, 1.807) is 0 Å². The summed E-state index contributed by atoms with van der Waals surface area (Å²) in [5.41, 5.74) is 10.9. The van der Waals surface area contributed by atoms with Gasteiger partial charge in [0.2, 0.25) is 0 Å². The normalized spacial score (nSPS) is 19.2. The fourth-order valence-electron chi connectivity index (χ4n) is 9.51. The molecule has 5 heterocycles. The number of nitrogens with zero attached hydrogens (tertiary/aromatic N) is 2. The summed E-state index contributed by atoms with van der Waals surface area (Å²) in [6.45, 7) is 30.5. The third kappa shape index (κ3) is 8.73. The Morgan fingerprint density at radius 1 is 0.453 bits per heavy atom.